The van der Waals surface area contributed by atoms with Crippen LogP contribution in [-0.4, -0.2) is 15.0 Å². The normalized spacial score (nSPS) is 11.8. The first kappa shape index (κ1) is 28.7. The zero-order chi connectivity index (χ0) is 34.2. The summed E-state index contributed by atoms with van der Waals surface area (Å²) in [5.74, 6) is 1.80. The van der Waals surface area contributed by atoms with E-state index in [2.05, 4.69) is 97.1 Å². The number of nitrogens with zero attached hydrogens (tertiary/aromatic N) is 3. The number of hydrogen-bond donors (Lipinski definition) is 0. The van der Waals surface area contributed by atoms with Gasteiger partial charge in [-0.05, 0) is 58.1 Å². The van der Waals surface area contributed by atoms with Crippen LogP contribution in [0.2, 0.25) is 0 Å². The third-order valence-corrected chi connectivity index (χ3v) is 10.1. The van der Waals surface area contributed by atoms with Crippen molar-refractivity contribution in [3.63, 3.8) is 0 Å². The fraction of sp³-hybridized carbons (Fsp3) is 0. The summed E-state index contributed by atoms with van der Waals surface area (Å²) in [5.41, 5.74) is 8.23. The summed E-state index contributed by atoms with van der Waals surface area (Å²) in [5, 5.41) is 8.85. The molecule has 11 rings (SSSR count). The van der Waals surface area contributed by atoms with Gasteiger partial charge >= 0.3 is 0 Å². The molecule has 0 aliphatic carbocycles. The molecular weight excluding hydrogens is 639 g/mol. The van der Waals surface area contributed by atoms with Gasteiger partial charge in [-0.3, -0.25) is 0 Å². The maximum atomic E-state index is 6.59. The van der Waals surface area contributed by atoms with Crippen LogP contribution in [0.1, 0.15) is 0 Å². The zero-order valence-electron chi connectivity index (χ0n) is 27.7. The van der Waals surface area contributed by atoms with Crippen LogP contribution in [0.4, 0.5) is 0 Å². The van der Waals surface area contributed by atoms with Gasteiger partial charge in [-0.2, -0.15) is 0 Å². The van der Waals surface area contributed by atoms with Gasteiger partial charge in [0.15, 0.2) is 17.5 Å². The molecule has 0 N–H and O–H groups in total. The van der Waals surface area contributed by atoms with Crippen LogP contribution in [0.15, 0.2) is 173 Å². The smallest absolute Gasteiger partial charge is 0.164 e. The summed E-state index contributed by atoms with van der Waals surface area (Å²) in [4.78, 5) is 15.4. The Morgan fingerprint density at radius 2 is 0.923 bits per heavy atom. The number of fused-ring (bicyclic) bond motifs is 10. The van der Waals surface area contributed by atoms with Gasteiger partial charge < -0.3 is 8.83 Å². The van der Waals surface area contributed by atoms with Crippen molar-refractivity contribution in [3.05, 3.63) is 164 Å². The molecule has 0 atom stereocenters. The van der Waals surface area contributed by atoms with E-state index in [9.17, 15) is 0 Å². The number of furan rings is 2. The molecule has 0 radical (unpaired) electrons. The average Bonchev–Trinajstić information content (AvgIpc) is 3.80. The van der Waals surface area contributed by atoms with Gasteiger partial charge in [0.1, 0.15) is 22.3 Å². The second kappa shape index (κ2) is 11.2. The van der Waals surface area contributed by atoms with Gasteiger partial charge in [-0.15, -0.1) is 0 Å². The highest BCUT2D eigenvalue weighted by atomic mass is 16.3. The van der Waals surface area contributed by atoms with E-state index in [-0.39, 0.29) is 0 Å². The topological polar surface area (TPSA) is 65.0 Å². The Labute approximate surface area is 297 Å². The minimum absolute atomic E-state index is 0.588. The third-order valence-electron chi connectivity index (χ3n) is 10.1. The highest BCUT2D eigenvalue weighted by Crippen LogP contribution is 2.42. The number of aromatic nitrogens is 3. The molecule has 5 heteroatoms. The first-order valence-corrected chi connectivity index (χ1v) is 17.4. The van der Waals surface area contributed by atoms with E-state index >= 15 is 0 Å². The maximum Gasteiger partial charge on any atom is 0.164 e. The van der Waals surface area contributed by atoms with Gasteiger partial charge in [-0.25, -0.2) is 15.0 Å². The van der Waals surface area contributed by atoms with Gasteiger partial charge in [0, 0.05) is 49.2 Å². The SMILES string of the molecule is c1ccc(-c2nc(-c3ccc4c(ccc5ccc6oc7ccccc7c6c54)c3)nc(-c3ccc(-c4ccccc4)c4oc5ccccc5c34)n2)cc1. The molecule has 3 aromatic heterocycles. The molecule has 3 heterocycles. The first-order valence-electron chi connectivity index (χ1n) is 17.4. The van der Waals surface area contributed by atoms with E-state index in [1.165, 1.54) is 10.8 Å². The van der Waals surface area contributed by atoms with Gasteiger partial charge in [-0.1, -0.05) is 127 Å². The number of para-hydroxylation sites is 2. The monoisotopic (exact) mass is 665 g/mol. The Morgan fingerprint density at radius 3 is 1.71 bits per heavy atom. The minimum Gasteiger partial charge on any atom is -0.456 e. The lowest BCUT2D eigenvalue weighted by Crippen LogP contribution is -2.00. The fourth-order valence-electron chi connectivity index (χ4n) is 7.71. The molecule has 0 fully saturated rings. The third kappa shape index (κ3) is 4.39. The van der Waals surface area contributed by atoms with E-state index in [4.69, 9.17) is 23.8 Å². The van der Waals surface area contributed by atoms with Crippen LogP contribution < -0.4 is 0 Å². The molecule has 8 aromatic carbocycles. The summed E-state index contributed by atoms with van der Waals surface area (Å²) in [6.07, 6.45) is 0. The van der Waals surface area contributed by atoms with Crippen molar-refractivity contribution in [1.29, 1.82) is 0 Å². The van der Waals surface area contributed by atoms with E-state index in [0.29, 0.717) is 17.5 Å². The predicted octanol–water partition coefficient (Wildman–Crippen LogP) is 12.6. The van der Waals surface area contributed by atoms with Crippen molar-refractivity contribution in [2.24, 2.45) is 0 Å². The van der Waals surface area contributed by atoms with Gasteiger partial charge in [0.25, 0.3) is 0 Å². The molecule has 0 amide bonds. The quantitative estimate of drug-likeness (QED) is 0.175. The predicted molar refractivity (Wildman–Crippen MR) is 211 cm³/mol. The molecule has 5 nitrogen and oxygen atoms in total. The highest BCUT2D eigenvalue weighted by Gasteiger charge is 2.21. The second-order valence-corrected chi connectivity index (χ2v) is 13.1. The molecule has 0 aliphatic heterocycles. The fourth-order valence-corrected chi connectivity index (χ4v) is 7.71. The Hall–Kier alpha value is -7.11. The lowest BCUT2D eigenvalue weighted by molar-refractivity contribution is 0.669. The van der Waals surface area contributed by atoms with Crippen molar-refractivity contribution in [3.8, 4) is 45.3 Å². The minimum atomic E-state index is 0.588. The Morgan fingerprint density at radius 1 is 0.327 bits per heavy atom. The summed E-state index contributed by atoms with van der Waals surface area (Å²) in [7, 11) is 0. The molecule has 242 valence electrons. The summed E-state index contributed by atoms with van der Waals surface area (Å²) in [6, 6.07) is 56.2. The Kier molecular flexibility index (Phi) is 6.18. The largest absolute Gasteiger partial charge is 0.456 e. The standard InChI is InChI=1S/C47H27N3O2/c1-3-11-28(12-4-1)34-24-25-37(42-35-15-7-10-18-39(35)52-44(34)42)47-49-45(30-13-5-2-6-14-30)48-46(50-47)32-21-23-33-31(27-32)20-19-29-22-26-40-43(41(29)33)36-16-8-9-17-38(36)51-40/h1-27H. The average molecular weight is 666 g/mol. The summed E-state index contributed by atoms with van der Waals surface area (Å²) in [6.45, 7) is 0. The number of hydrogen-bond acceptors (Lipinski definition) is 5. The summed E-state index contributed by atoms with van der Waals surface area (Å²) < 4.78 is 12.8. The lowest BCUT2D eigenvalue weighted by atomic mass is 9.96. The van der Waals surface area contributed by atoms with E-state index in [1.54, 1.807) is 0 Å². The van der Waals surface area contributed by atoms with Gasteiger partial charge in [0.05, 0.1) is 0 Å². The van der Waals surface area contributed by atoms with Crippen molar-refractivity contribution in [1.82, 2.24) is 15.0 Å². The molecule has 0 bridgehead atoms. The van der Waals surface area contributed by atoms with Crippen LogP contribution in [-0.2, 0) is 0 Å². The van der Waals surface area contributed by atoms with Crippen LogP contribution in [0, 0.1) is 0 Å². The molecular formula is C47H27N3O2. The number of rotatable bonds is 4. The van der Waals surface area contributed by atoms with Crippen LogP contribution in [0.3, 0.4) is 0 Å². The van der Waals surface area contributed by atoms with E-state index in [0.717, 1.165) is 82.5 Å². The lowest BCUT2D eigenvalue weighted by Gasteiger charge is -2.12. The molecule has 11 aromatic rings. The Balaban J connectivity index is 1.15. The molecule has 0 saturated carbocycles. The van der Waals surface area contributed by atoms with E-state index in [1.807, 2.05) is 66.7 Å². The molecule has 0 saturated heterocycles. The van der Waals surface area contributed by atoms with Crippen molar-refractivity contribution in [2.75, 3.05) is 0 Å². The van der Waals surface area contributed by atoms with E-state index < -0.39 is 0 Å². The maximum absolute atomic E-state index is 6.59. The van der Waals surface area contributed by atoms with Crippen LogP contribution >= 0.6 is 0 Å². The van der Waals surface area contributed by atoms with Crippen LogP contribution in [0.5, 0.6) is 0 Å². The van der Waals surface area contributed by atoms with Crippen molar-refractivity contribution >= 4 is 65.4 Å². The molecule has 0 unspecified atom stereocenters. The molecule has 0 aliphatic rings. The summed E-state index contributed by atoms with van der Waals surface area (Å²) >= 11 is 0. The molecule has 52 heavy (non-hydrogen) atoms. The van der Waals surface area contributed by atoms with Crippen molar-refractivity contribution < 1.29 is 8.83 Å². The zero-order valence-corrected chi connectivity index (χ0v) is 27.7. The van der Waals surface area contributed by atoms with Gasteiger partial charge in [0.2, 0.25) is 0 Å². The van der Waals surface area contributed by atoms with Crippen molar-refractivity contribution in [2.45, 2.75) is 0 Å². The second-order valence-electron chi connectivity index (χ2n) is 13.1. The molecule has 0 spiro atoms. The first-order chi connectivity index (χ1) is 25.8. The highest BCUT2D eigenvalue weighted by molar-refractivity contribution is 6.26. The number of benzene rings is 8. The Bertz CT molecular complexity index is 3180. The van der Waals surface area contributed by atoms with Crippen LogP contribution in [0.25, 0.3) is 111 Å².